The molecule has 2 rings (SSSR count). The normalized spacial score (nSPS) is 10.2. The Labute approximate surface area is 102 Å². The van der Waals surface area contributed by atoms with Gasteiger partial charge in [0.1, 0.15) is 0 Å². The first-order valence-electron chi connectivity index (χ1n) is 5.12. The molecule has 0 fully saturated rings. The van der Waals surface area contributed by atoms with Crippen molar-refractivity contribution in [2.75, 3.05) is 5.32 Å². The van der Waals surface area contributed by atoms with Crippen LogP contribution in [-0.4, -0.2) is 15.9 Å². The molecule has 0 bridgehead atoms. The van der Waals surface area contributed by atoms with Crippen LogP contribution in [0.2, 0.25) is 0 Å². The lowest BCUT2D eigenvalue weighted by atomic mass is 10.2. The highest BCUT2D eigenvalue weighted by Crippen LogP contribution is 2.13. The van der Waals surface area contributed by atoms with Crippen LogP contribution in [0.4, 0.5) is 14.5 Å². The third kappa shape index (κ3) is 2.65. The van der Waals surface area contributed by atoms with Crippen LogP contribution in [0, 0.1) is 18.8 Å². The van der Waals surface area contributed by atoms with Crippen LogP contribution in [0.25, 0.3) is 0 Å². The number of carbonyl (C=O) groups is 1. The van der Waals surface area contributed by atoms with E-state index in [0.29, 0.717) is 0 Å². The minimum atomic E-state index is -1.07. The predicted molar refractivity (Wildman–Crippen MR) is 61.1 cm³/mol. The Hall–Kier alpha value is -2.37. The zero-order valence-electron chi connectivity index (χ0n) is 9.45. The molecule has 0 unspecified atom stereocenters. The molecule has 0 radical (unpaired) electrons. The van der Waals surface area contributed by atoms with Crippen LogP contribution in [-0.2, 0) is 0 Å². The zero-order valence-corrected chi connectivity index (χ0v) is 9.45. The zero-order chi connectivity index (χ0) is 13.1. The molecule has 6 heteroatoms. The minimum absolute atomic E-state index is 0.179. The average molecular weight is 249 g/mol. The SMILES string of the molecule is Cc1ccc(C(=O)Nc2ccc(F)nc2F)cn1. The molecule has 1 N–H and O–H groups in total. The topological polar surface area (TPSA) is 54.9 Å². The maximum atomic E-state index is 13.2. The number of aryl methyl sites for hydroxylation is 1. The molecule has 0 aromatic carbocycles. The molecule has 2 aromatic rings. The second kappa shape index (κ2) is 4.87. The Kier molecular flexibility index (Phi) is 3.27. The number of nitrogens with zero attached hydrogens (tertiary/aromatic N) is 2. The van der Waals surface area contributed by atoms with Gasteiger partial charge in [-0.1, -0.05) is 0 Å². The van der Waals surface area contributed by atoms with Crippen LogP contribution >= 0.6 is 0 Å². The van der Waals surface area contributed by atoms with Gasteiger partial charge in [-0.15, -0.1) is 0 Å². The molecule has 92 valence electrons. The van der Waals surface area contributed by atoms with Gasteiger partial charge in [-0.2, -0.15) is 13.8 Å². The van der Waals surface area contributed by atoms with Gasteiger partial charge in [0, 0.05) is 11.9 Å². The summed E-state index contributed by atoms with van der Waals surface area (Å²) in [4.78, 5) is 18.6. The number of aromatic nitrogens is 2. The van der Waals surface area contributed by atoms with Gasteiger partial charge in [0.25, 0.3) is 5.91 Å². The van der Waals surface area contributed by atoms with Crippen molar-refractivity contribution in [2.45, 2.75) is 6.92 Å². The summed E-state index contributed by atoms with van der Waals surface area (Å²) in [6, 6.07) is 5.30. The van der Waals surface area contributed by atoms with Crippen molar-refractivity contribution < 1.29 is 13.6 Å². The van der Waals surface area contributed by atoms with E-state index in [9.17, 15) is 13.6 Å². The smallest absolute Gasteiger partial charge is 0.257 e. The molecule has 2 heterocycles. The van der Waals surface area contributed by atoms with Crippen molar-refractivity contribution in [3.8, 4) is 0 Å². The highest BCUT2D eigenvalue weighted by Gasteiger charge is 2.11. The van der Waals surface area contributed by atoms with E-state index in [1.165, 1.54) is 6.20 Å². The first-order chi connectivity index (χ1) is 8.56. The van der Waals surface area contributed by atoms with Gasteiger partial charge in [0.15, 0.2) is 0 Å². The summed E-state index contributed by atoms with van der Waals surface area (Å²) in [5, 5.41) is 2.29. The molecule has 4 nitrogen and oxygen atoms in total. The van der Waals surface area contributed by atoms with Crippen LogP contribution in [0.3, 0.4) is 0 Å². The third-order valence-corrected chi connectivity index (χ3v) is 2.24. The van der Waals surface area contributed by atoms with E-state index < -0.39 is 17.8 Å². The summed E-state index contributed by atoms with van der Waals surface area (Å²) in [7, 11) is 0. The standard InChI is InChI=1S/C12H9F2N3O/c1-7-2-3-8(6-15-7)12(18)16-9-4-5-10(13)17-11(9)14/h2-6H,1H3,(H,16,18). The number of hydrogen-bond donors (Lipinski definition) is 1. The van der Waals surface area contributed by atoms with Crippen molar-refractivity contribution in [2.24, 2.45) is 0 Å². The molecule has 0 aliphatic carbocycles. The number of carbonyl (C=O) groups excluding carboxylic acids is 1. The number of amides is 1. The van der Waals surface area contributed by atoms with E-state index in [0.717, 1.165) is 17.8 Å². The van der Waals surface area contributed by atoms with Crippen molar-refractivity contribution in [3.63, 3.8) is 0 Å². The Morgan fingerprint density at radius 2 is 2.00 bits per heavy atom. The fraction of sp³-hybridized carbons (Fsp3) is 0.0833. The molecule has 0 aliphatic heterocycles. The van der Waals surface area contributed by atoms with Gasteiger partial charge in [-0.05, 0) is 31.2 Å². The van der Waals surface area contributed by atoms with E-state index in [2.05, 4.69) is 15.3 Å². The number of nitrogens with one attached hydrogen (secondary N) is 1. The van der Waals surface area contributed by atoms with Crippen molar-refractivity contribution in [1.82, 2.24) is 9.97 Å². The number of rotatable bonds is 2. The fourth-order valence-corrected chi connectivity index (χ4v) is 1.30. The second-order valence-corrected chi connectivity index (χ2v) is 3.61. The summed E-state index contributed by atoms with van der Waals surface area (Å²) in [6.07, 6.45) is 1.37. The van der Waals surface area contributed by atoms with Gasteiger partial charge >= 0.3 is 0 Å². The van der Waals surface area contributed by atoms with Gasteiger partial charge in [-0.3, -0.25) is 9.78 Å². The molecule has 0 spiro atoms. The number of anilines is 1. The first-order valence-corrected chi connectivity index (χ1v) is 5.12. The quantitative estimate of drug-likeness (QED) is 0.831. The molecular weight excluding hydrogens is 240 g/mol. The van der Waals surface area contributed by atoms with E-state index >= 15 is 0 Å². The molecule has 18 heavy (non-hydrogen) atoms. The number of hydrogen-bond acceptors (Lipinski definition) is 3. The van der Waals surface area contributed by atoms with Gasteiger partial charge in [-0.25, -0.2) is 0 Å². The van der Waals surface area contributed by atoms with E-state index in [4.69, 9.17) is 0 Å². The Bertz CT molecular complexity index is 584. The lowest BCUT2D eigenvalue weighted by molar-refractivity contribution is 0.102. The first kappa shape index (κ1) is 12.1. The lowest BCUT2D eigenvalue weighted by Crippen LogP contribution is -2.14. The van der Waals surface area contributed by atoms with Gasteiger partial charge in [0.05, 0.1) is 11.3 Å². The van der Waals surface area contributed by atoms with E-state index in [1.54, 1.807) is 19.1 Å². The summed E-state index contributed by atoms with van der Waals surface area (Å²) in [6.45, 7) is 1.78. The summed E-state index contributed by atoms with van der Waals surface area (Å²) < 4.78 is 25.8. The molecule has 2 aromatic heterocycles. The molecule has 1 amide bonds. The van der Waals surface area contributed by atoms with Crippen LogP contribution in [0.5, 0.6) is 0 Å². The van der Waals surface area contributed by atoms with Crippen molar-refractivity contribution >= 4 is 11.6 Å². The molecule has 0 aliphatic rings. The highest BCUT2D eigenvalue weighted by atomic mass is 19.1. The molecular formula is C12H9F2N3O. The fourth-order valence-electron chi connectivity index (χ4n) is 1.30. The summed E-state index contributed by atoms with van der Waals surface area (Å²) in [5.74, 6) is -2.54. The Morgan fingerprint density at radius 3 is 2.61 bits per heavy atom. The van der Waals surface area contributed by atoms with Crippen molar-refractivity contribution in [1.29, 1.82) is 0 Å². The van der Waals surface area contributed by atoms with Gasteiger partial charge in [0.2, 0.25) is 11.9 Å². The summed E-state index contributed by atoms with van der Waals surface area (Å²) >= 11 is 0. The van der Waals surface area contributed by atoms with E-state index in [-0.39, 0.29) is 11.3 Å². The minimum Gasteiger partial charge on any atom is -0.318 e. The Balaban J connectivity index is 2.18. The maximum Gasteiger partial charge on any atom is 0.257 e. The van der Waals surface area contributed by atoms with Gasteiger partial charge < -0.3 is 5.32 Å². The number of halogens is 2. The van der Waals surface area contributed by atoms with Crippen molar-refractivity contribution in [3.05, 3.63) is 53.6 Å². The lowest BCUT2D eigenvalue weighted by Gasteiger charge is -2.05. The second-order valence-electron chi connectivity index (χ2n) is 3.61. The molecule has 0 saturated carbocycles. The predicted octanol–water partition coefficient (Wildman–Crippen LogP) is 2.32. The summed E-state index contributed by atoms with van der Waals surface area (Å²) in [5.41, 5.74) is 0.868. The van der Waals surface area contributed by atoms with Crippen LogP contribution < -0.4 is 5.32 Å². The van der Waals surface area contributed by atoms with Crippen LogP contribution in [0.15, 0.2) is 30.5 Å². The molecule has 0 atom stereocenters. The van der Waals surface area contributed by atoms with E-state index in [1.807, 2.05) is 0 Å². The third-order valence-electron chi connectivity index (χ3n) is 2.24. The Morgan fingerprint density at radius 1 is 1.22 bits per heavy atom. The average Bonchev–Trinajstić information content (AvgIpc) is 2.33. The number of pyridine rings is 2. The highest BCUT2D eigenvalue weighted by molar-refractivity contribution is 6.04. The van der Waals surface area contributed by atoms with Crippen LogP contribution in [0.1, 0.15) is 16.1 Å². The monoisotopic (exact) mass is 249 g/mol. The largest absolute Gasteiger partial charge is 0.318 e. The molecule has 0 saturated heterocycles. The maximum absolute atomic E-state index is 13.2.